The maximum atomic E-state index is 12.4. The fraction of sp³-hybridized carbons (Fsp3) is 0.200. The van der Waals surface area contributed by atoms with E-state index in [4.69, 9.17) is 17.0 Å². The summed E-state index contributed by atoms with van der Waals surface area (Å²) >= 11 is 6.56. The second-order valence-electron chi connectivity index (χ2n) is 6.13. The van der Waals surface area contributed by atoms with E-state index in [1.54, 1.807) is 31.2 Å². The van der Waals surface area contributed by atoms with Crippen LogP contribution in [0, 0.1) is 13.8 Å². The van der Waals surface area contributed by atoms with Crippen LogP contribution in [0.1, 0.15) is 38.8 Å². The Balaban J connectivity index is 1.69. The quantitative estimate of drug-likeness (QED) is 0.492. The fourth-order valence-electron chi connectivity index (χ4n) is 2.51. The first kappa shape index (κ1) is 19.9. The first-order valence-corrected chi connectivity index (χ1v) is 9.87. The van der Waals surface area contributed by atoms with E-state index in [0.29, 0.717) is 22.9 Å². The second kappa shape index (κ2) is 8.45. The number of benzene rings is 2. The minimum Gasteiger partial charge on any atom is -0.462 e. The van der Waals surface area contributed by atoms with Crippen molar-refractivity contribution in [2.45, 2.75) is 20.8 Å². The van der Waals surface area contributed by atoms with Crippen LogP contribution in [-0.2, 0) is 4.74 Å². The van der Waals surface area contributed by atoms with E-state index in [-0.39, 0.29) is 17.0 Å². The van der Waals surface area contributed by atoms with Crippen LogP contribution in [0.15, 0.2) is 36.4 Å². The summed E-state index contributed by atoms with van der Waals surface area (Å²) in [4.78, 5) is 28.6. The molecule has 3 rings (SSSR count). The lowest BCUT2D eigenvalue weighted by atomic mass is 10.1. The van der Waals surface area contributed by atoms with E-state index in [1.807, 2.05) is 26.0 Å². The minimum atomic E-state index is -0.372. The molecule has 0 aliphatic rings. The molecule has 3 aromatic rings. The van der Waals surface area contributed by atoms with Crippen LogP contribution in [0.3, 0.4) is 0 Å². The molecule has 0 radical (unpaired) electrons. The highest BCUT2D eigenvalue weighted by Crippen LogP contribution is 2.27. The van der Waals surface area contributed by atoms with Crippen LogP contribution in [0.25, 0.3) is 10.2 Å². The predicted molar refractivity (Wildman–Crippen MR) is 115 cm³/mol. The Morgan fingerprint density at radius 3 is 2.57 bits per heavy atom. The molecular weight excluding hydrogens is 394 g/mol. The Morgan fingerprint density at radius 2 is 1.86 bits per heavy atom. The summed E-state index contributed by atoms with van der Waals surface area (Å²) in [7, 11) is 0. The molecule has 0 aliphatic carbocycles. The van der Waals surface area contributed by atoms with Crippen LogP contribution >= 0.6 is 23.6 Å². The number of esters is 1. The zero-order chi connectivity index (χ0) is 20.3. The number of aromatic nitrogens is 1. The van der Waals surface area contributed by atoms with Gasteiger partial charge in [0.25, 0.3) is 5.91 Å². The van der Waals surface area contributed by atoms with Gasteiger partial charge in [-0.2, -0.15) is 0 Å². The lowest BCUT2D eigenvalue weighted by Crippen LogP contribution is -2.34. The van der Waals surface area contributed by atoms with E-state index < -0.39 is 0 Å². The third-order valence-corrected chi connectivity index (χ3v) is 5.25. The summed E-state index contributed by atoms with van der Waals surface area (Å²) in [5.41, 5.74) is 3.89. The number of thiocarbonyl (C=S) groups is 1. The van der Waals surface area contributed by atoms with Crippen molar-refractivity contribution in [1.29, 1.82) is 0 Å². The van der Waals surface area contributed by atoms with Gasteiger partial charge in [0.1, 0.15) is 0 Å². The highest BCUT2D eigenvalue weighted by molar-refractivity contribution is 7.80. The zero-order valence-electron chi connectivity index (χ0n) is 15.7. The molecular formula is C20H19N3O3S2. The van der Waals surface area contributed by atoms with Crippen molar-refractivity contribution in [3.63, 3.8) is 0 Å². The maximum Gasteiger partial charge on any atom is 0.338 e. The number of hydrogen-bond donors (Lipinski definition) is 2. The lowest BCUT2D eigenvalue weighted by molar-refractivity contribution is 0.0526. The molecule has 2 N–H and O–H groups in total. The molecule has 0 bridgehead atoms. The Morgan fingerprint density at radius 1 is 1.11 bits per heavy atom. The van der Waals surface area contributed by atoms with Gasteiger partial charge < -0.3 is 10.1 Å². The van der Waals surface area contributed by atoms with Crippen LogP contribution in [0.5, 0.6) is 0 Å². The summed E-state index contributed by atoms with van der Waals surface area (Å²) in [6.45, 7) is 6.03. The number of amides is 1. The number of hydrogen-bond acceptors (Lipinski definition) is 6. The van der Waals surface area contributed by atoms with Crippen LogP contribution in [0.4, 0.5) is 5.13 Å². The van der Waals surface area contributed by atoms with Crippen molar-refractivity contribution < 1.29 is 14.3 Å². The van der Waals surface area contributed by atoms with E-state index in [2.05, 4.69) is 15.6 Å². The Hall–Kier alpha value is -2.84. The van der Waals surface area contributed by atoms with E-state index in [1.165, 1.54) is 11.3 Å². The number of anilines is 1. The van der Waals surface area contributed by atoms with Gasteiger partial charge in [-0.1, -0.05) is 17.4 Å². The van der Waals surface area contributed by atoms with Crippen molar-refractivity contribution in [3.8, 4) is 0 Å². The first-order valence-electron chi connectivity index (χ1n) is 8.64. The van der Waals surface area contributed by atoms with Gasteiger partial charge in [0, 0.05) is 5.56 Å². The highest BCUT2D eigenvalue weighted by atomic mass is 32.1. The van der Waals surface area contributed by atoms with Crippen molar-refractivity contribution in [1.82, 2.24) is 10.3 Å². The van der Waals surface area contributed by atoms with Gasteiger partial charge in [-0.05, 0) is 74.4 Å². The molecule has 144 valence electrons. The number of carbonyl (C=O) groups is 2. The summed E-state index contributed by atoms with van der Waals surface area (Å²) in [5, 5.41) is 6.27. The van der Waals surface area contributed by atoms with Gasteiger partial charge in [-0.25, -0.2) is 9.78 Å². The molecule has 0 atom stereocenters. The molecule has 0 aliphatic heterocycles. The number of thiazole rings is 1. The molecule has 0 saturated heterocycles. The SMILES string of the molecule is CCOC(=O)c1ccc2nc(NC(=S)NC(=O)c3ccc(C)c(C)c3)sc2c1. The standard InChI is InChI=1S/C20H19N3O3S2/c1-4-26-18(25)14-7-8-15-16(10-14)28-20(21-15)23-19(27)22-17(24)13-6-5-11(2)12(3)9-13/h5-10H,4H2,1-3H3,(H2,21,22,23,24,27). The molecule has 8 heteroatoms. The zero-order valence-corrected chi connectivity index (χ0v) is 17.3. The van der Waals surface area contributed by atoms with Crippen molar-refractivity contribution in [3.05, 3.63) is 58.7 Å². The summed E-state index contributed by atoms with van der Waals surface area (Å²) in [6, 6.07) is 10.6. The van der Waals surface area contributed by atoms with Crippen molar-refractivity contribution in [2.24, 2.45) is 0 Å². The number of aryl methyl sites for hydroxylation is 2. The first-order chi connectivity index (χ1) is 13.4. The number of carbonyl (C=O) groups excluding carboxylic acids is 2. The summed E-state index contributed by atoms with van der Waals surface area (Å²) in [5.74, 6) is -0.658. The second-order valence-corrected chi connectivity index (χ2v) is 7.57. The highest BCUT2D eigenvalue weighted by Gasteiger charge is 2.13. The monoisotopic (exact) mass is 413 g/mol. The number of nitrogens with one attached hydrogen (secondary N) is 2. The lowest BCUT2D eigenvalue weighted by Gasteiger charge is -2.08. The summed E-state index contributed by atoms with van der Waals surface area (Å²) in [6.07, 6.45) is 0. The number of fused-ring (bicyclic) bond motifs is 1. The van der Waals surface area contributed by atoms with E-state index in [0.717, 1.165) is 21.3 Å². The molecule has 1 aromatic heterocycles. The minimum absolute atomic E-state index is 0.160. The average molecular weight is 414 g/mol. The third-order valence-electron chi connectivity index (χ3n) is 4.12. The van der Waals surface area contributed by atoms with Gasteiger partial charge in [0.2, 0.25) is 0 Å². The van der Waals surface area contributed by atoms with Crippen LogP contribution < -0.4 is 10.6 Å². The van der Waals surface area contributed by atoms with Gasteiger partial charge in [-0.3, -0.25) is 10.1 Å². The number of nitrogens with zero attached hydrogens (tertiary/aromatic N) is 1. The predicted octanol–water partition coefficient (Wildman–Crippen LogP) is 4.22. The molecule has 6 nitrogen and oxygen atoms in total. The maximum absolute atomic E-state index is 12.4. The molecule has 0 unspecified atom stereocenters. The average Bonchev–Trinajstić information content (AvgIpc) is 3.05. The Kier molecular flexibility index (Phi) is 6.01. The molecule has 0 fully saturated rings. The number of ether oxygens (including phenoxy) is 1. The normalized spacial score (nSPS) is 10.5. The molecule has 2 aromatic carbocycles. The topological polar surface area (TPSA) is 80.3 Å². The van der Waals surface area contributed by atoms with E-state index in [9.17, 15) is 9.59 Å². The molecule has 0 saturated carbocycles. The van der Waals surface area contributed by atoms with Crippen LogP contribution in [-0.4, -0.2) is 28.6 Å². The van der Waals surface area contributed by atoms with E-state index >= 15 is 0 Å². The summed E-state index contributed by atoms with van der Waals surface area (Å²) < 4.78 is 5.83. The van der Waals surface area contributed by atoms with Gasteiger partial charge in [0.05, 0.1) is 22.4 Å². The number of rotatable bonds is 4. The van der Waals surface area contributed by atoms with Gasteiger partial charge in [-0.15, -0.1) is 0 Å². The Labute approximate surface area is 171 Å². The van der Waals surface area contributed by atoms with Gasteiger partial charge in [0.15, 0.2) is 10.2 Å². The fourth-order valence-corrected chi connectivity index (χ4v) is 3.67. The molecule has 1 amide bonds. The van der Waals surface area contributed by atoms with Gasteiger partial charge >= 0.3 is 5.97 Å². The van der Waals surface area contributed by atoms with Crippen molar-refractivity contribution in [2.75, 3.05) is 11.9 Å². The molecule has 0 spiro atoms. The Bertz CT molecular complexity index is 1080. The third kappa shape index (κ3) is 4.52. The molecule has 28 heavy (non-hydrogen) atoms. The van der Waals surface area contributed by atoms with Crippen molar-refractivity contribution >= 4 is 55.9 Å². The van der Waals surface area contributed by atoms with Crippen LogP contribution in [0.2, 0.25) is 0 Å². The smallest absolute Gasteiger partial charge is 0.338 e. The molecule has 1 heterocycles. The largest absolute Gasteiger partial charge is 0.462 e.